The van der Waals surface area contributed by atoms with Crippen LogP contribution in [-0.4, -0.2) is 27.2 Å². The average molecular weight is 202 g/mol. The Morgan fingerprint density at radius 2 is 2.15 bits per heavy atom. The SMILES string of the molecule is Cc1cccc(C(O)C(O)CCl)n1. The third-order valence-corrected chi connectivity index (χ3v) is 2.05. The Kier molecular flexibility index (Phi) is 3.66. The van der Waals surface area contributed by atoms with Crippen molar-refractivity contribution in [2.75, 3.05) is 5.88 Å². The fraction of sp³-hybridized carbons (Fsp3) is 0.444. The zero-order valence-electron chi connectivity index (χ0n) is 7.31. The fourth-order valence-corrected chi connectivity index (χ4v) is 1.18. The maximum Gasteiger partial charge on any atom is 0.123 e. The van der Waals surface area contributed by atoms with Gasteiger partial charge in [-0.25, -0.2) is 0 Å². The average Bonchev–Trinajstić information content (AvgIpc) is 2.15. The summed E-state index contributed by atoms with van der Waals surface area (Å²) in [4.78, 5) is 4.07. The zero-order chi connectivity index (χ0) is 9.84. The van der Waals surface area contributed by atoms with Gasteiger partial charge in [-0.15, -0.1) is 11.6 Å². The van der Waals surface area contributed by atoms with Crippen LogP contribution in [-0.2, 0) is 0 Å². The summed E-state index contributed by atoms with van der Waals surface area (Å²) >= 11 is 5.40. The molecule has 13 heavy (non-hydrogen) atoms. The Morgan fingerprint density at radius 3 is 2.69 bits per heavy atom. The number of nitrogens with zero attached hydrogens (tertiary/aromatic N) is 1. The number of alkyl halides is 1. The first kappa shape index (κ1) is 10.4. The van der Waals surface area contributed by atoms with E-state index in [1.165, 1.54) is 0 Å². The molecule has 3 nitrogen and oxygen atoms in total. The molecular formula is C9H12ClNO2. The molecule has 0 bridgehead atoms. The quantitative estimate of drug-likeness (QED) is 0.719. The molecule has 72 valence electrons. The Labute approximate surface area is 82.0 Å². The summed E-state index contributed by atoms with van der Waals surface area (Å²) in [5, 5.41) is 18.8. The largest absolute Gasteiger partial charge is 0.389 e. The minimum Gasteiger partial charge on any atom is -0.389 e. The van der Waals surface area contributed by atoms with Gasteiger partial charge in [0.25, 0.3) is 0 Å². The summed E-state index contributed by atoms with van der Waals surface area (Å²) < 4.78 is 0. The number of hydrogen-bond acceptors (Lipinski definition) is 3. The maximum absolute atomic E-state index is 9.52. The van der Waals surface area contributed by atoms with Crippen LogP contribution in [0, 0.1) is 6.92 Å². The predicted molar refractivity (Wildman–Crippen MR) is 50.7 cm³/mol. The second-order valence-corrected chi connectivity index (χ2v) is 3.18. The van der Waals surface area contributed by atoms with Crippen LogP contribution in [0.2, 0.25) is 0 Å². The van der Waals surface area contributed by atoms with E-state index in [0.29, 0.717) is 5.69 Å². The summed E-state index contributed by atoms with van der Waals surface area (Å²) in [5.41, 5.74) is 1.26. The molecule has 0 radical (unpaired) electrons. The molecule has 2 unspecified atom stereocenters. The normalized spacial score (nSPS) is 15.4. The van der Waals surface area contributed by atoms with Crippen LogP contribution in [0.25, 0.3) is 0 Å². The first-order valence-corrected chi connectivity index (χ1v) is 4.54. The number of halogens is 1. The molecule has 0 aromatic carbocycles. The van der Waals surface area contributed by atoms with Gasteiger partial charge in [-0.3, -0.25) is 4.98 Å². The number of aliphatic hydroxyl groups is 2. The highest BCUT2D eigenvalue weighted by atomic mass is 35.5. The standard InChI is InChI=1S/C9H12ClNO2/c1-6-3-2-4-7(11-6)9(13)8(12)5-10/h2-4,8-9,12-13H,5H2,1H3. The Morgan fingerprint density at radius 1 is 1.46 bits per heavy atom. The summed E-state index contributed by atoms with van der Waals surface area (Å²) in [7, 11) is 0. The van der Waals surface area contributed by atoms with Crippen molar-refractivity contribution in [3.63, 3.8) is 0 Å². The van der Waals surface area contributed by atoms with Gasteiger partial charge in [0.1, 0.15) is 6.10 Å². The minimum absolute atomic E-state index is 0.00319. The van der Waals surface area contributed by atoms with Crippen LogP contribution in [0.15, 0.2) is 18.2 Å². The van der Waals surface area contributed by atoms with Gasteiger partial charge in [-0.1, -0.05) is 6.07 Å². The van der Waals surface area contributed by atoms with Gasteiger partial charge in [-0.05, 0) is 19.1 Å². The van der Waals surface area contributed by atoms with Gasteiger partial charge >= 0.3 is 0 Å². The molecule has 2 N–H and O–H groups in total. The molecule has 0 aliphatic carbocycles. The van der Waals surface area contributed by atoms with E-state index in [9.17, 15) is 10.2 Å². The van der Waals surface area contributed by atoms with Gasteiger partial charge < -0.3 is 10.2 Å². The number of rotatable bonds is 3. The van der Waals surface area contributed by atoms with Crippen molar-refractivity contribution in [3.8, 4) is 0 Å². The van der Waals surface area contributed by atoms with Gasteiger partial charge in [0.15, 0.2) is 0 Å². The summed E-state index contributed by atoms with van der Waals surface area (Å²) in [6, 6.07) is 5.26. The first-order chi connectivity index (χ1) is 6.15. The third kappa shape index (κ3) is 2.66. The lowest BCUT2D eigenvalue weighted by Gasteiger charge is -2.14. The first-order valence-electron chi connectivity index (χ1n) is 4.01. The van der Waals surface area contributed by atoms with Crippen molar-refractivity contribution in [3.05, 3.63) is 29.6 Å². The molecule has 2 atom stereocenters. The number of pyridine rings is 1. The maximum atomic E-state index is 9.52. The van der Waals surface area contributed by atoms with Crippen molar-refractivity contribution >= 4 is 11.6 Å². The van der Waals surface area contributed by atoms with Crippen molar-refractivity contribution in [1.82, 2.24) is 4.98 Å². The van der Waals surface area contributed by atoms with Gasteiger partial charge in [0.2, 0.25) is 0 Å². The van der Waals surface area contributed by atoms with Crippen molar-refractivity contribution < 1.29 is 10.2 Å². The molecular weight excluding hydrogens is 190 g/mol. The van der Waals surface area contributed by atoms with Gasteiger partial charge in [0.05, 0.1) is 17.7 Å². The second kappa shape index (κ2) is 4.56. The molecule has 1 aromatic heterocycles. The van der Waals surface area contributed by atoms with Crippen molar-refractivity contribution in [1.29, 1.82) is 0 Å². The predicted octanol–water partition coefficient (Wildman–Crippen LogP) is 1.02. The molecule has 0 spiro atoms. The van der Waals surface area contributed by atoms with Crippen LogP contribution in [0.3, 0.4) is 0 Å². The molecule has 4 heteroatoms. The lowest BCUT2D eigenvalue weighted by atomic mass is 10.1. The van der Waals surface area contributed by atoms with Crippen LogP contribution in [0.4, 0.5) is 0 Å². The highest BCUT2D eigenvalue weighted by Gasteiger charge is 2.18. The number of hydrogen-bond donors (Lipinski definition) is 2. The molecule has 0 saturated heterocycles. The fourth-order valence-electron chi connectivity index (χ4n) is 1.01. The van der Waals surface area contributed by atoms with Crippen molar-refractivity contribution in [2.24, 2.45) is 0 Å². The molecule has 1 aromatic rings. The highest BCUT2D eigenvalue weighted by Crippen LogP contribution is 2.15. The molecule has 0 aliphatic rings. The Bertz CT molecular complexity index is 280. The monoisotopic (exact) mass is 201 g/mol. The summed E-state index contributed by atoms with van der Waals surface area (Å²) in [6.07, 6.45) is -1.96. The molecule has 0 saturated carbocycles. The van der Waals surface area contributed by atoms with E-state index < -0.39 is 12.2 Å². The van der Waals surface area contributed by atoms with Crippen molar-refractivity contribution in [2.45, 2.75) is 19.1 Å². The molecule has 0 aliphatic heterocycles. The van der Waals surface area contributed by atoms with E-state index in [2.05, 4.69) is 4.98 Å². The highest BCUT2D eigenvalue weighted by molar-refractivity contribution is 6.18. The van der Waals surface area contributed by atoms with Crippen LogP contribution in [0.5, 0.6) is 0 Å². The van der Waals surface area contributed by atoms with E-state index in [4.69, 9.17) is 11.6 Å². The number of aromatic nitrogens is 1. The molecule has 1 rings (SSSR count). The minimum atomic E-state index is -1.00. The van der Waals surface area contributed by atoms with E-state index in [0.717, 1.165) is 5.69 Å². The van der Waals surface area contributed by atoms with E-state index in [1.54, 1.807) is 12.1 Å². The zero-order valence-corrected chi connectivity index (χ0v) is 8.07. The lowest BCUT2D eigenvalue weighted by Crippen LogP contribution is -2.20. The van der Waals surface area contributed by atoms with Gasteiger partial charge in [-0.2, -0.15) is 0 Å². The summed E-state index contributed by atoms with van der Waals surface area (Å²) in [5.74, 6) is -0.00319. The Hall–Kier alpha value is -0.640. The van der Waals surface area contributed by atoms with E-state index in [1.807, 2.05) is 13.0 Å². The third-order valence-electron chi connectivity index (χ3n) is 1.74. The van der Waals surface area contributed by atoms with Gasteiger partial charge in [0, 0.05) is 5.69 Å². The van der Waals surface area contributed by atoms with Crippen LogP contribution < -0.4 is 0 Å². The number of aryl methyl sites for hydroxylation is 1. The summed E-state index contributed by atoms with van der Waals surface area (Å²) in [6.45, 7) is 1.82. The topological polar surface area (TPSA) is 53.4 Å². The van der Waals surface area contributed by atoms with E-state index >= 15 is 0 Å². The Balaban J connectivity index is 2.82. The van der Waals surface area contributed by atoms with Crippen LogP contribution >= 0.6 is 11.6 Å². The van der Waals surface area contributed by atoms with E-state index in [-0.39, 0.29) is 5.88 Å². The molecule has 0 fully saturated rings. The number of aliphatic hydroxyl groups excluding tert-OH is 2. The van der Waals surface area contributed by atoms with Crippen LogP contribution in [0.1, 0.15) is 17.5 Å². The second-order valence-electron chi connectivity index (χ2n) is 2.87. The lowest BCUT2D eigenvalue weighted by molar-refractivity contribution is 0.0299. The molecule has 0 amide bonds. The smallest absolute Gasteiger partial charge is 0.123 e. The molecule has 1 heterocycles.